The lowest BCUT2D eigenvalue weighted by Crippen LogP contribution is -1.79. The number of H-pyrrole nitrogens is 1. The minimum absolute atomic E-state index is 0.0367. The van der Waals surface area contributed by atoms with Crippen LogP contribution in [0.25, 0.3) is 6.08 Å². The van der Waals surface area contributed by atoms with E-state index in [1.165, 1.54) is 13.0 Å². The standard InChI is InChI=1S/C7H8N2O/c1-6(10)2-3-7-4-5-8-9-7/h2-5H,1H3,(H,8,9)/b3-2+. The van der Waals surface area contributed by atoms with Crippen molar-refractivity contribution in [2.75, 3.05) is 0 Å². The van der Waals surface area contributed by atoms with Gasteiger partial charge in [0.15, 0.2) is 5.78 Å². The lowest BCUT2D eigenvalue weighted by atomic mass is 10.3. The first kappa shape index (κ1) is 6.74. The molecule has 0 aromatic carbocycles. The summed E-state index contributed by atoms with van der Waals surface area (Å²) in [4.78, 5) is 10.4. The number of allylic oxidation sites excluding steroid dienone is 1. The Kier molecular flexibility index (Phi) is 1.99. The Hall–Kier alpha value is -1.38. The number of aromatic amines is 1. The number of ketones is 1. The molecule has 0 bridgehead atoms. The second-order valence-electron chi connectivity index (χ2n) is 1.96. The van der Waals surface area contributed by atoms with Crippen molar-refractivity contribution in [1.29, 1.82) is 0 Å². The molecular weight excluding hydrogens is 128 g/mol. The summed E-state index contributed by atoms with van der Waals surface area (Å²) in [7, 11) is 0. The molecule has 10 heavy (non-hydrogen) atoms. The maximum absolute atomic E-state index is 10.4. The summed E-state index contributed by atoms with van der Waals surface area (Å²) in [6.07, 6.45) is 4.82. The number of hydrogen-bond acceptors (Lipinski definition) is 2. The summed E-state index contributed by atoms with van der Waals surface area (Å²) < 4.78 is 0. The fraction of sp³-hybridized carbons (Fsp3) is 0.143. The van der Waals surface area contributed by atoms with E-state index in [-0.39, 0.29) is 5.78 Å². The lowest BCUT2D eigenvalue weighted by molar-refractivity contribution is -0.112. The average Bonchev–Trinajstić information content (AvgIpc) is 2.34. The van der Waals surface area contributed by atoms with Crippen molar-refractivity contribution in [3.05, 3.63) is 24.0 Å². The molecule has 52 valence electrons. The molecule has 0 aliphatic rings. The zero-order valence-electron chi connectivity index (χ0n) is 5.66. The molecule has 3 nitrogen and oxygen atoms in total. The van der Waals surface area contributed by atoms with Gasteiger partial charge in [-0.1, -0.05) is 0 Å². The predicted molar refractivity (Wildman–Crippen MR) is 38.3 cm³/mol. The SMILES string of the molecule is CC(=O)/C=C/c1ccn[nH]1. The van der Waals surface area contributed by atoms with Crippen LogP contribution in [0.15, 0.2) is 18.3 Å². The van der Waals surface area contributed by atoms with Gasteiger partial charge < -0.3 is 0 Å². The third kappa shape index (κ3) is 1.85. The highest BCUT2D eigenvalue weighted by molar-refractivity contribution is 5.91. The summed E-state index contributed by atoms with van der Waals surface area (Å²) in [6.45, 7) is 1.51. The maximum atomic E-state index is 10.4. The van der Waals surface area contributed by atoms with Crippen molar-refractivity contribution in [1.82, 2.24) is 10.2 Å². The van der Waals surface area contributed by atoms with Crippen LogP contribution in [0.4, 0.5) is 0 Å². The average molecular weight is 136 g/mol. The summed E-state index contributed by atoms with van der Waals surface area (Å²) in [5.74, 6) is 0.0367. The van der Waals surface area contributed by atoms with Crippen LogP contribution in [0, 0.1) is 0 Å². The van der Waals surface area contributed by atoms with Crippen LogP contribution in [-0.2, 0) is 4.79 Å². The zero-order valence-corrected chi connectivity index (χ0v) is 5.66. The summed E-state index contributed by atoms with van der Waals surface area (Å²) in [6, 6.07) is 1.79. The Morgan fingerprint density at radius 3 is 3.10 bits per heavy atom. The van der Waals surface area contributed by atoms with Gasteiger partial charge in [0.2, 0.25) is 0 Å². The van der Waals surface area contributed by atoms with Crippen LogP contribution in [0.3, 0.4) is 0 Å². The van der Waals surface area contributed by atoms with Gasteiger partial charge in [-0.25, -0.2) is 0 Å². The topological polar surface area (TPSA) is 45.8 Å². The monoisotopic (exact) mass is 136 g/mol. The smallest absolute Gasteiger partial charge is 0.152 e. The minimum Gasteiger partial charge on any atom is -0.295 e. The molecule has 0 atom stereocenters. The van der Waals surface area contributed by atoms with Gasteiger partial charge in [-0.05, 0) is 25.1 Å². The maximum Gasteiger partial charge on any atom is 0.152 e. The molecule has 0 saturated carbocycles. The van der Waals surface area contributed by atoms with Gasteiger partial charge in [-0.15, -0.1) is 0 Å². The van der Waals surface area contributed by atoms with Crippen molar-refractivity contribution < 1.29 is 4.79 Å². The van der Waals surface area contributed by atoms with Gasteiger partial charge in [0.05, 0.1) is 5.69 Å². The van der Waals surface area contributed by atoms with Gasteiger partial charge in [-0.3, -0.25) is 9.89 Å². The fourth-order valence-electron chi connectivity index (χ4n) is 0.567. The third-order valence-electron chi connectivity index (χ3n) is 1.02. The molecule has 0 fully saturated rings. The Morgan fingerprint density at radius 2 is 2.60 bits per heavy atom. The van der Waals surface area contributed by atoms with Gasteiger partial charge >= 0.3 is 0 Å². The molecule has 0 unspecified atom stereocenters. The lowest BCUT2D eigenvalue weighted by Gasteiger charge is -1.79. The largest absolute Gasteiger partial charge is 0.295 e. The van der Waals surface area contributed by atoms with Gasteiger partial charge in [0.25, 0.3) is 0 Å². The van der Waals surface area contributed by atoms with Crippen LogP contribution in [0.5, 0.6) is 0 Å². The van der Waals surface area contributed by atoms with Crippen LogP contribution in [0.1, 0.15) is 12.6 Å². The first-order valence-corrected chi connectivity index (χ1v) is 2.97. The van der Waals surface area contributed by atoms with Crippen molar-refractivity contribution in [3.8, 4) is 0 Å². The van der Waals surface area contributed by atoms with Crippen LogP contribution >= 0.6 is 0 Å². The summed E-state index contributed by atoms with van der Waals surface area (Å²) in [5.41, 5.74) is 0.843. The van der Waals surface area contributed by atoms with Crippen LogP contribution < -0.4 is 0 Å². The van der Waals surface area contributed by atoms with E-state index in [9.17, 15) is 4.79 Å². The minimum atomic E-state index is 0.0367. The Bertz CT molecular complexity index is 236. The highest BCUT2D eigenvalue weighted by Gasteiger charge is 1.85. The van der Waals surface area contributed by atoms with E-state index in [2.05, 4.69) is 10.2 Å². The number of rotatable bonds is 2. The van der Waals surface area contributed by atoms with E-state index < -0.39 is 0 Å². The quantitative estimate of drug-likeness (QED) is 0.617. The first-order valence-electron chi connectivity index (χ1n) is 2.97. The molecule has 0 amide bonds. The molecular formula is C7H8N2O. The van der Waals surface area contributed by atoms with Crippen molar-refractivity contribution >= 4 is 11.9 Å². The van der Waals surface area contributed by atoms with Gasteiger partial charge in [0.1, 0.15) is 0 Å². The normalized spacial score (nSPS) is 10.5. The van der Waals surface area contributed by atoms with E-state index >= 15 is 0 Å². The Labute approximate surface area is 58.8 Å². The molecule has 0 spiro atoms. The van der Waals surface area contributed by atoms with Crippen LogP contribution in [-0.4, -0.2) is 16.0 Å². The van der Waals surface area contributed by atoms with E-state index in [1.807, 2.05) is 0 Å². The molecule has 0 aliphatic carbocycles. The predicted octanol–water partition coefficient (Wildman–Crippen LogP) is 1.01. The molecule has 1 rings (SSSR count). The number of aromatic nitrogens is 2. The molecule has 0 radical (unpaired) electrons. The molecule has 1 N–H and O–H groups in total. The van der Waals surface area contributed by atoms with E-state index in [4.69, 9.17) is 0 Å². The van der Waals surface area contributed by atoms with Crippen LogP contribution in [0.2, 0.25) is 0 Å². The second-order valence-corrected chi connectivity index (χ2v) is 1.96. The van der Waals surface area contributed by atoms with Crippen molar-refractivity contribution in [3.63, 3.8) is 0 Å². The van der Waals surface area contributed by atoms with Crippen molar-refractivity contribution in [2.24, 2.45) is 0 Å². The highest BCUT2D eigenvalue weighted by Crippen LogP contribution is 1.93. The zero-order chi connectivity index (χ0) is 7.40. The van der Waals surface area contributed by atoms with Gasteiger partial charge in [-0.2, -0.15) is 5.10 Å². The number of nitrogens with one attached hydrogen (secondary N) is 1. The van der Waals surface area contributed by atoms with Crippen molar-refractivity contribution in [2.45, 2.75) is 6.92 Å². The number of carbonyl (C=O) groups is 1. The molecule has 1 heterocycles. The molecule has 0 aliphatic heterocycles. The molecule has 1 aromatic rings. The Balaban J connectivity index is 2.64. The first-order chi connectivity index (χ1) is 4.79. The molecule has 0 saturated heterocycles. The Morgan fingerprint density at radius 1 is 1.80 bits per heavy atom. The summed E-state index contributed by atoms with van der Waals surface area (Å²) >= 11 is 0. The fourth-order valence-corrected chi connectivity index (χ4v) is 0.567. The highest BCUT2D eigenvalue weighted by atomic mass is 16.1. The molecule has 1 aromatic heterocycles. The third-order valence-corrected chi connectivity index (χ3v) is 1.02. The van der Waals surface area contributed by atoms with E-state index in [0.717, 1.165) is 5.69 Å². The van der Waals surface area contributed by atoms with E-state index in [0.29, 0.717) is 0 Å². The molecule has 3 heteroatoms. The number of carbonyl (C=O) groups excluding carboxylic acids is 1. The van der Waals surface area contributed by atoms with E-state index in [1.54, 1.807) is 18.3 Å². The number of nitrogens with zero attached hydrogens (tertiary/aromatic N) is 1. The second kappa shape index (κ2) is 2.96. The number of hydrogen-bond donors (Lipinski definition) is 1. The van der Waals surface area contributed by atoms with Gasteiger partial charge in [0, 0.05) is 6.20 Å². The summed E-state index contributed by atoms with van der Waals surface area (Å²) in [5, 5.41) is 6.42.